The Kier molecular flexibility index (Phi) is 5.54. The van der Waals surface area contributed by atoms with Crippen LogP contribution in [-0.4, -0.2) is 55.6 Å². The average Bonchev–Trinajstić information content (AvgIpc) is 3.58. The van der Waals surface area contributed by atoms with Gasteiger partial charge in [0.15, 0.2) is 0 Å². The molecule has 3 unspecified atom stereocenters. The van der Waals surface area contributed by atoms with Gasteiger partial charge < -0.3 is 20.5 Å². The average molecular weight is 425 g/mol. The highest BCUT2D eigenvalue weighted by atomic mass is 19.1. The monoisotopic (exact) mass is 424 g/mol. The molecule has 2 aromatic carbocycles. The van der Waals surface area contributed by atoms with E-state index < -0.39 is 0 Å². The summed E-state index contributed by atoms with van der Waals surface area (Å²) in [5.74, 6) is 0.296. The number of benzene rings is 2. The van der Waals surface area contributed by atoms with Crippen LogP contribution in [-0.2, 0) is 4.74 Å². The number of hydrogen-bond donors (Lipinski definition) is 2. The summed E-state index contributed by atoms with van der Waals surface area (Å²) in [6.45, 7) is 4.93. The molecule has 3 aliphatic rings. The Labute approximate surface area is 182 Å². The highest BCUT2D eigenvalue weighted by Crippen LogP contribution is 2.38. The minimum atomic E-state index is -0.294. The molecule has 1 aliphatic carbocycles. The minimum Gasteiger partial charge on any atom is -0.491 e. The summed E-state index contributed by atoms with van der Waals surface area (Å²) >= 11 is 0. The quantitative estimate of drug-likeness (QED) is 0.567. The number of nitrogen functional groups attached to an aromatic ring is 1. The third kappa shape index (κ3) is 4.38. The summed E-state index contributed by atoms with van der Waals surface area (Å²) in [6, 6.07) is 11.1. The Balaban J connectivity index is 1.50. The van der Waals surface area contributed by atoms with E-state index in [9.17, 15) is 4.39 Å². The summed E-state index contributed by atoms with van der Waals surface area (Å²) in [6.07, 6.45) is 4.34. The van der Waals surface area contributed by atoms with E-state index in [2.05, 4.69) is 22.1 Å². The number of rotatable bonds is 5. The Morgan fingerprint density at radius 3 is 2.94 bits per heavy atom. The third-order valence-corrected chi connectivity index (χ3v) is 6.26. The smallest absolute Gasteiger partial charge is 0.127 e. The predicted molar refractivity (Wildman–Crippen MR) is 121 cm³/mol. The van der Waals surface area contributed by atoms with E-state index in [1.165, 1.54) is 12.1 Å². The predicted octanol–water partition coefficient (Wildman–Crippen LogP) is 3.62. The molecule has 164 valence electrons. The molecular weight excluding hydrogens is 395 g/mol. The van der Waals surface area contributed by atoms with Crippen LogP contribution in [0.1, 0.15) is 36.9 Å². The van der Waals surface area contributed by atoms with Crippen LogP contribution in [0, 0.1) is 5.82 Å². The van der Waals surface area contributed by atoms with Gasteiger partial charge >= 0.3 is 0 Å². The van der Waals surface area contributed by atoms with Crippen LogP contribution < -0.4 is 15.8 Å². The van der Waals surface area contributed by atoms with Crippen molar-refractivity contribution in [1.82, 2.24) is 4.90 Å². The second kappa shape index (κ2) is 8.48. The molecule has 0 spiro atoms. The summed E-state index contributed by atoms with van der Waals surface area (Å²) in [5, 5.41) is 3.72. The van der Waals surface area contributed by atoms with Crippen molar-refractivity contribution in [2.45, 2.75) is 44.0 Å². The molecule has 2 heterocycles. The first-order valence-electron chi connectivity index (χ1n) is 11.0. The molecule has 1 saturated heterocycles. The van der Waals surface area contributed by atoms with Crippen molar-refractivity contribution in [2.24, 2.45) is 4.99 Å². The third-order valence-electron chi connectivity index (χ3n) is 6.26. The van der Waals surface area contributed by atoms with Gasteiger partial charge in [0.2, 0.25) is 0 Å². The van der Waals surface area contributed by atoms with Gasteiger partial charge in [0.1, 0.15) is 18.2 Å². The number of nitrogens with one attached hydrogen (secondary N) is 1. The number of aliphatic imine (C=N–C) groups is 1. The number of halogens is 1. The standard InChI is InChI=1S/C24H29FN4O2/c1-15-13-29(9-10-30-15)22-14-31-23-11-16(25)5-8-18(23)24(22)28-21-4-2-3-20(26)19(21)12-27-17-6-7-17/h2-5,8,11-12,15,17,22,24,28H,6-7,9-10,13-14,26H2,1H3. The zero-order valence-electron chi connectivity index (χ0n) is 17.8. The van der Waals surface area contributed by atoms with Crippen LogP contribution in [0.15, 0.2) is 41.4 Å². The van der Waals surface area contributed by atoms with E-state index in [4.69, 9.17) is 15.2 Å². The number of morpholine rings is 1. The van der Waals surface area contributed by atoms with Crippen LogP contribution in [0.2, 0.25) is 0 Å². The van der Waals surface area contributed by atoms with E-state index in [0.717, 1.165) is 42.7 Å². The van der Waals surface area contributed by atoms with Crippen molar-refractivity contribution in [3.8, 4) is 5.75 Å². The maximum Gasteiger partial charge on any atom is 0.127 e. The Morgan fingerprint density at radius 2 is 2.13 bits per heavy atom. The lowest BCUT2D eigenvalue weighted by Gasteiger charge is -2.44. The van der Waals surface area contributed by atoms with Crippen molar-refractivity contribution in [1.29, 1.82) is 0 Å². The lowest BCUT2D eigenvalue weighted by molar-refractivity contribution is -0.0465. The first-order chi connectivity index (χ1) is 15.1. The van der Waals surface area contributed by atoms with E-state index in [1.54, 1.807) is 0 Å². The summed E-state index contributed by atoms with van der Waals surface area (Å²) in [4.78, 5) is 7.05. The van der Waals surface area contributed by atoms with Gasteiger partial charge in [-0.25, -0.2) is 4.39 Å². The number of fused-ring (bicyclic) bond motifs is 1. The maximum atomic E-state index is 13.9. The van der Waals surface area contributed by atoms with Gasteiger partial charge in [-0.05, 0) is 38.0 Å². The van der Waals surface area contributed by atoms with Crippen LogP contribution in [0.4, 0.5) is 15.8 Å². The molecule has 0 aromatic heterocycles. The summed E-state index contributed by atoms with van der Waals surface area (Å²) in [7, 11) is 0. The zero-order valence-corrected chi connectivity index (χ0v) is 17.8. The number of nitrogens with zero attached hydrogens (tertiary/aromatic N) is 2. The lowest BCUT2D eigenvalue weighted by Crippen LogP contribution is -2.54. The largest absolute Gasteiger partial charge is 0.491 e. The van der Waals surface area contributed by atoms with Crippen molar-refractivity contribution < 1.29 is 13.9 Å². The van der Waals surface area contributed by atoms with Gasteiger partial charge in [0, 0.05) is 47.9 Å². The number of hydrogen-bond acceptors (Lipinski definition) is 6. The second-order valence-corrected chi connectivity index (χ2v) is 8.68. The summed E-state index contributed by atoms with van der Waals surface area (Å²) in [5.41, 5.74) is 9.78. The van der Waals surface area contributed by atoms with Gasteiger partial charge in [0.05, 0.1) is 30.8 Å². The molecule has 2 fully saturated rings. The highest BCUT2D eigenvalue weighted by Gasteiger charge is 2.37. The minimum absolute atomic E-state index is 0.0791. The Hall–Kier alpha value is -2.64. The van der Waals surface area contributed by atoms with Crippen molar-refractivity contribution in [3.63, 3.8) is 0 Å². The van der Waals surface area contributed by atoms with Crippen molar-refractivity contribution in [2.75, 3.05) is 37.4 Å². The van der Waals surface area contributed by atoms with Crippen LogP contribution in [0.25, 0.3) is 0 Å². The zero-order chi connectivity index (χ0) is 21.4. The fraction of sp³-hybridized carbons (Fsp3) is 0.458. The molecular formula is C24H29FN4O2. The lowest BCUT2D eigenvalue weighted by atomic mass is 9.93. The number of anilines is 2. The van der Waals surface area contributed by atoms with Crippen molar-refractivity contribution >= 4 is 17.6 Å². The first-order valence-corrected chi connectivity index (χ1v) is 11.0. The molecule has 5 rings (SSSR count). The molecule has 3 atom stereocenters. The maximum absolute atomic E-state index is 13.9. The highest BCUT2D eigenvalue weighted by molar-refractivity contribution is 5.94. The van der Waals surface area contributed by atoms with Crippen LogP contribution >= 0.6 is 0 Å². The molecule has 0 amide bonds. The van der Waals surface area contributed by atoms with Gasteiger partial charge in [-0.1, -0.05) is 12.1 Å². The molecule has 2 aliphatic heterocycles. The number of ether oxygens (including phenoxy) is 2. The van der Waals surface area contributed by atoms with E-state index in [1.807, 2.05) is 30.5 Å². The van der Waals surface area contributed by atoms with Crippen LogP contribution in [0.3, 0.4) is 0 Å². The van der Waals surface area contributed by atoms with E-state index >= 15 is 0 Å². The fourth-order valence-corrected chi connectivity index (χ4v) is 4.43. The SMILES string of the molecule is CC1CN(C2COc3cc(F)ccc3C2Nc2cccc(N)c2C=NC2CC2)CCO1. The topological polar surface area (TPSA) is 72.1 Å². The van der Waals surface area contributed by atoms with E-state index in [-0.39, 0.29) is 24.0 Å². The molecule has 0 bridgehead atoms. The number of nitrogens with two attached hydrogens (primary N) is 1. The molecule has 2 aromatic rings. The van der Waals surface area contributed by atoms with Crippen LogP contribution in [0.5, 0.6) is 5.75 Å². The van der Waals surface area contributed by atoms with E-state index in [0.29, 0.717) is 30.7 Å². The van der Waals surface area contributed by atoms with Crippen molar-refractivity contribution in [3.05, 3.63) is 53.3 Å². The van der Waals surface area contributed by atoms with Gasteiger partial charge in [-0.3, -0.25) is 9.89 Å². The second-order valence-electron chi connectivity index (χ2n) is 8.68. The van der Waals surface area contributed by atoms with Gasteiger partial charge in [0.25, 0.3) is 0 Å². The molecule has 31 heavy (non-hydrogen) atoms. The molecule has 6 nitrogen and oxygen atoms in total. The normalized spacial score (nSPS) is 26.5. The fourth-order valence-electron chi connectivity index (χ4n) is 4.43. The Bertz CT molecular complexity index is 978. The molecule has 3 N–H and O–H groups in total. The van der Waals surface area contributed by atoms with Gasteiger partial charge in [-0.2, -0.15) is 0 Å². The Morgan fingerprint density at radius 1 is 1.26 bits per heavy atom. The van der Waals surface area contributed by atoms with Gasteiger partial charge in [-0.15, -0.1) is 0 Å². The molecule has 7 heteroatoms. The molecule has 0 radical (unpaired) electrons. The first kappa shape index (κ1) is 20.3. The molecule has 1 saturated carbocycles. The summed E-state index contributed by atoms with van der Waals surface area (Å²) < 4.78 is 25.6.